The monoisotopic (exact) mass is 488 g/mol. The molecule has 0 aliphatic carbocycles. The molecule has 176 valence electrons. The van der Waals surface area contributed by atoms with Crippen LogP contribution in [-0.2, 0) is 0 Å². The molecule has 0 saturated heterocycles. The van der Waals surface area contributed by atoms with Crippen LogP contribution in [-0.4, -0.2) is 19.9 Å². The van der Waals surface area contributed by atoms with Gasteiger partial charge in [0.05, 0.1) is 89.0 Å². The number of anilines is 4. The maximum absolute atomic E-state index is 4.95. The number of nitrogens with zero attached hydrogens (tertiary/aromatic N) is 6. The van der Waals surface area contributed by atoms with E-state index in [0.29, 0.717) is 0 Å². The van der Waals surface area contributed by atoms with Gasteiger partial charge in [-0.25, -0.2) is 29.9 Å². The van der Waals surface area contributed by atoms with E-state index in [2.05, 4.69) is 10.6 Å². The lowest BCUT2D eigenvalue weighted by Gasteiger charge is -2.20. The maximum Gasteiger partial charge on any atom is 0.0917 e. The Morgan fingerprint density at radius 1 is 0.368 bits per heavy atom. The molecule has 0 unspecified atom stereocenters. The van der Waals surface area contributed by atoms with E-state index in [0.717, 1.165) is 89.0 Å². The predicted octanol–water partition coefficient (Wildman–Crippen LogP) is 5.90. The molecule has 8 heteroatoms. The molecule has 4 heterocycles. The third-order valence-corrected chi connectivity index (χ3v) is 7.05. The van der Waals surface area contributed by atoms with Gasteiger partial charge in [-0.15, -0.1) is 0 Å². The van der Waals surface area contributed by atoms with Gasteiger partial charge in [-0.2, -0.15) is 0 Å². The fourth-order valence-electron chi connectivity index (χ4n) is 5.21. The number of rotatable bonds is 0. The first-order chi connectivity index (χ1) is 18.7. The Kier molecular flexibility index (Phi) is 3.64. The molecule has 5 aromatic carbocycles. The van der Waals surface area contributed by atoms with Gasteiger partial charge in [0.25, 0.3) is 0 Å². The summed E-state index contributed by atoms with van der Waals surface area (Å²) in [6, 6.07) is 27.8. The molecular weight excluding hydrogens is 472 g/mol. The highest BCUT2D eigenvalue weighted by Crippen LogP contribution is 2.36. The number of benzene rings is 5. The van der Waals surface area contributed by atoms with Crippen molar-refractivity contribution in [3.8, 4) is 0 Å². The Morgan fingerprint density at radius 3 is 1.13 bits per heavy atom. The van der Waals surface area contributed by atoms with Crippen LogP contribution in [0, 0.1) is 0 Å². The zero-order valence-electron chi connectivity index (χ0n) is 19.8. The van der Waals surface area contributed by atoms with Crippen molar-refractivity contribution >= 4 is 78.3 Å². The molecule has 0 spiro atoms. The molecule has 8 nitrogen and oxygen atoms in total. The molecule has 0 fully saturated rings. The second-order valence-electron chi connectivity index (χ2n) is 9.50. The van der Waals surface area contributed by atoms with E-state index in [1.165, 1.54) is 0 Å². The van der Waals surface area contributed by atoms with E-state index >= 15 is 0 Å². The predicted molar refractivity (Wildman–Crippen MR) is 149 cm³/mol. The van der Waals surface area contributed by atoms with Crippen molar-refractivity contribution in [3.05, 3.63) is 95.6 Å². The number of para-hydroxylation sites is 4. The molecule has 0 radical (unpaired) electrons. The van der Waals surface area contributed by atoms with Crippen LogP contribution in [0.25, 0.3) is 44.1 Å². The SMILES string of the molecule is c1ccc2nc3cc4c(cc3nc2c1)N=c1cc2c(cc1N4)=Nc1cc3nc4ccccc4nc3cc1N2. The van der Waals surface area contributed by atoms with Crippen molar-refractivity contribution in [2.45, 2.75) is 0 Å². The maximum atomic E-state index is 4.95. The van der Waals surface area contributed by atoms with E-state index in [1.54, 1.807) is 0 Å². The fraction of sp³-hybridized carbons (Fsp3) is 0. The molecule has 2 aliphatic heterocycles. The summed E-state index contributed by atoms with van der Waals surface area (Å²) >= 11 is 0. The van der Waals surface area contributed by atoms with Gasteiger partial charge in [0.15, 0.2) is 0 Å². The Labute approximate surface area is 214 Å². The van der Waals surface area contributed by atoms with Crippen LogP contribution >= 0.6 is 0 Å². The zero-order chi connectivity index (χ0) is 24.8. The number of hydrogen-bond acceptors (Lipinski definition) is 8. The molecule has 2 aliphatic rings. The number of aromatic nitrogens is 4. The van der Waals surface area contributed by atoms with E-state index in [-0.39, 0.29) is 0 Å². The largest absolute Gasteiger partial charge is 0.352 e. The molecule has 0 amide bonds. The van der Waals surface area contributed by atoms with Crippen LogP contribution in [0.1, 0.15) is 0 Å². The number of hydrogen-bond donors (Lipinski definition) is 2. The lowest BCUT2D eigenvalue weighted by atomic mass is 10.1. The van der Waals surface area contributed by atoms with Crippen molar-refractivity contribution in [1.82, 2.24) is 19.9 Å². The third-order valence-electron chi connectivity index (χ3n) is 7.05. The Bertz CT molecular complexity index is 2140. The molecule has 7 aromatic rings. The van der Waals surface area contributed by atoms with Gasteiger partial charge in [0.1, 0.15) is 0 Å². The Morgan fingerprint density at radius 2 is 0.737 bits per heavy atom. The van der Waals surface area contributed by atoms with Gasteiger partial charge < -0.3 is 10.6 Å². The zero-order valence-corrected chi connectivity index (χ0v) is 19.8. The third kappa shape index (κ3) is 2.85. The molecule has 2 N–H and O–H groups in total. The quantitative estimate of drug-likeness (QED) is 0.258. The second kappa shape index (κ2) is 7.04. The summed E-state index contributed by atoms with van der Waals surface area (Å²) in [6.45, 7) is 0. The van der Waals surface area contributed by atoms with E-state index in [9.17, 15) is 0 Å². The van der Waals surface area contributed by atoms with Crippen molar-refractivity contribution in [1.29, 1.82) is 0 Å². The van der Waals surface area contributed by atoms with Crippen LogP contribution in [0.2, 0.25) is 0 Å². The number of fused-ring (bicyclic) bond motifs is 8. The Hall–Kier alpha value is -5.50. The minimum atomic E-state index is 0.817. The van der Waals surface area contributed by atoms with Crippen molar-refractivity contribution in [2.75, 3.05) is 10.6 Å². The molecule has 9 rings (SSSR count). The topological polar surface area (TPSA) is 100 Å². The molecule has 38 heavy (non-hydrogen) atoms. The summed E-state index contributed by atoms with van der Waals surface area (Å²) in [6.07, 6.45) is 0. The summed E-state index contributed by atoms with van der Waals surface area (Å²) in [5.41, 5.74) is 12.0. The fourth-order valence-corrected chi connectivity index (χ4v) is 5.21. The van der Waals surface area contributed by atoms with Crippen LogP contribution in [0.3, 0.4) is 0 Å². The van der Waals surface area contributed by atoms with E-state index in [4.69, 9.17) is 29.9 Å². The van der Waals surface area contributed by atoms with Crippen LogP contribution in [0.4, 0.5) is 34.1 Å². The lowest BCUT2D eigenvalue weighted by Crippen LogP contribution is -2.22. The van der Waals surface area contributed by atoms with Gasteiger partial charge in [0.2, 0.25) is 0 Å². The average molecular weight is 489 g/mol. The minimum absolute atomic E-state index is 0.817. The highest BCUT2D eigenvalue weighted by Gasteiger charge is 2.18. The minimum Gasteiger partial charge on any atom is -0.352 e. The van der Waals surface area contributed by atoms with Crippen LogP contribution < -0.4 is 21.3 Å². The molecule has 0 atom stereocenters. The summed E-state index contributed by atoms with van der Waals surface area (Å²) in [7, 11) is 0. The normalized spacial score (nSPS) is 13.1. The highest BCUT2D eigenvalue weighted by atomic mass is 15.0. The first kappa shape index (κ1) is 19.7. The smallest absolute Gasteiger partial charge is 0.0917 e. The van der Waals surface area contributed by atoms with E-state index in [1.807, 2.05) is 84.9 Å². The number of nitrogens with one attached hydrogen (secondary N) is 2. The molecule has 2 aromatic heterocycles. The van der Waals surface area contributed by atoms with Gasteiger partial charge in [-0.3, -0.25) is 0 Å². The van der Waals surface area contributed by atoms with Crippen molar-refractivity contribution < 1.29 is 0 Å². The van der Waals surface area contributed by atoms with Gasteiger partial charge in [-0.05, 0) is 60.7 Å². The molecule has 0 bridgehead atoms. The highest BCUT2D eigenvalue weighted by molar-refractivity contribution is 5.95. The van der Waals surface area contributed by atoms with E-state index < -0.39 is 0 Å². The van der Waals surface area contributed by atoms with Crippen LogP contribution in [0.15, 0.2) is 94.9 Å². The van der Waals surface area contributed by atoms with Gasteiger partial charge in [-0.1, -0.05) is 24.3 Å². The summed E-state index contributed by atoms with van der Waals surface area (Å²) < 4.78 is 0. The van der Waals surface area contributed by atoms with Crippen molar-refractivity contribution in [2.24, 2.45) is 9.98 Å². The Balaban J connectivity index is 1.20. The lowest BCUT2D eigenvalue weighted by molar-refractivity contribution is 1.23. The van der Waals surface area contributed by atoms with Crippen molar-refractivity contribution in [3.63, 3.8) is 0 Å². The first-order valence-electron chi connectivity index (χ1n) is 12.3. The molecule has 0 saturated carbocycles. The summed E-state index contributed by atoms with van der Waals surface area (Å²) in [4.78, 5) is 29.1. The first-order valence-corrected chi connectivity index (χ1v) is 12.3. The summed E-state index contributed by atoms with van der Waals surface area (Å²) in [5.74, 6) is 0. The second-order valence-corrected chi connectivity index (χ2v) is 9.50. The average Bonchev–Trinajstić information content (AvgIpc) is 2.93. The summed E-state index contributed by atoms with van der Waals surface area (Å²) in [5, 5.41) is 8.74. The van der Waals surface area contributed by atoms with Crippen LogP contribution in [0.5, 0.6) is 0 Å². The van der Waals surface area contributed by atoms with Gasteiger partial charge >= 0.3 is 0 Å². The van der Waals surface area contributed by atoms with Gasteiger partial charge in [0, 0.05) is 0 Å². The molecular formula is C30H16N8. The standard InChI is InChI=1S/C30H16N8/c1-2-6-16-15(5-1)31-19-9-23-24(10-20(19)32-16)36-28-14-30-29(13-27(28)35-23)37-25-11-21-22(12-26(25)38-30)34-18-8-4-3-7-17(18)33-21/h1-14,35,38H.